The van der Waals surface area contributed by atoms with Crippen LogP contribution in [-0.4, -0.2) is 49.1 Å². The van der Waals surface area contributed by atoms with Crippen molar-refractivity contribution in [2.45, 2.75) is 63.7 Å². The van der Waals surface area contributed by atoms with E-state index in [9.17, 15) is 9.90 Å². The highest BCUT2D eigenvalue weighted by atomic mass is 16.5. The molecule has 0 radical (unpaired) electrons. The van der Waals surface area contributed by atoms with Crippen LogP contribution in [0.2, 0.25) is 0 Å². The molecule has 0 spiro atoms. The van der Waals surface area contributed by atoms with Gasteiger partial charge in [-0.15, -0.1) is 0 Å². The predicted octanol–water partition coefficient (Wildman–Crippen LogP) is 1.80. The number of ether oxygens (including phenoxy) is 2. The molecule has 3 unspecified atom stereocenters. The maximum absolute atomic E-state index is 11.4. The van der Waals surface area contributed by atoms with Gasteiger partial charge in [0.2, 0.25) is 0 Å². The molecule has 3 atom stereocenters. The highest BCUT2D eigenvalue weighted by molar-refractivity contribution is 5.78. The second-order valence-corrected chi connectivity index (χ2v) is 5.52. The Morgan fingerprint density at radius 3 is 2.68 bits per heavy atom. The summed E-state index contributed by atoms with van der Waals surface area (Å²) in [5.74, 6) is -0.861. The fourth-order valence-corrected chi connectivity index (χ4v) is 2.34. The third-order valence-corrected chi connectivity index (χ3v) is 3.76. The summed E-state index contributed by atoms with van der Waals surface area (Å²) in [6, 6.07) is 0. The van der Waals surface area contributed by atoms with Crippen molar-refractivity contribution in [3.05, 3.63) is 0 Å². The van der Waals surface area contributed by atoms with Gasteiger partial charge in [0.05, 0.1) is 18.8 Å². The second kappa shape index (κ2) is 7.82. The van der Waals surface area contributed by atoms with Crippen LogP contribution in [0.5, 0.6) is 0 Å². The normalized spacial score (nSPS) is 26.9. The summed E-state index contributed by atoms with van der Waals surface area (Å²) in [4.78, 5) is 11.4. The van der Waals surface area contributed by atoms with Gasteiger partial charge in [-0.05, 0) is 45.6 Å². The molecule has 1 fully saturated rings. The fraction of sp³-hybridized carbons (Fsp3) is 0.929. The Morgan fingerprint density at radius 2 is 2.11 bits per heavy atom. The number of rotatable bonds is 8. The van der Waals surface area contributed by atoms with E-state index < -0.39 is 11.5 Å². The van der Waals surface area contributed by atoms with Gasteiger partial charge in [-0.2, -0.15) is 0 Å². The van der Waals surface area contributed by atoms with Gasteiger partial charge in [-0.1, -0.05) is 6.92 Å². The lowest BCUT2D eigenvalue weighted by Crippen LogP contribution is -2.54. The minimum Gasteiger partial charge on any atom is -0.480 e. The van der Waals surface area contributed by atoms with E-state index in [-0.39, 0.29) is 18.8 Å². The van der Waals surface area contributed by atoms with Crippen molar-refractivity contribution in [1.29, 1.82) is 0 Å². The minimum absolute atomic E-state index is 0.112. The van der Waals surface area contributed by atoms with Crippen molar-refractivity contribution < 1.29 is 19.4 Å². The van der Waals surface area contributed by atoms with E-state index in [2.05, 4.69) is 5.32 Å². The quantitative estimate of drug-likeness (QED) is 0.706. The number of methoxy groups -OCH3 is 1. The van der Waals surface area contributed by atoms with Gasteiger partial charge in [-0.3, -0.25) is 4.79 Å². The molecule has 0 aromatic carbocycles. The number of nitrogens with one attached hydrogen (secondary N) is 1. The number of hydrogen-bond acceptors (Lipinski definition) is 4. The van der Waals surface area contributed by atoms with Crippen LogP contribution >= 0.6 is 0 Å². The van der Waals surface area contributed by atoms with Crippen LogP contribution < -0.4 is 5.32 Å². The highest BCUT2D eigenvalue weighted by Gasteiger charge is 2.34. The van der Waals surface area contributed by atoms with Gasteiger partial charge < -0.3 is 19.9 Å². The van der Waals surface area contributed by atoms with Gasteiger partial charge >= 0.3 is 5.97 Å². The Bertz CT molecular complexity index is 285. The van der Waals surface area contributed by atoms with Gasteiger partial charge in [0.25, 0.3) is 0 Å². The molecule has 19 heavy (non-hydrogen) atoms. The van der Waals surface area contributed by atoms with Gasteiger partial charge in [0.15, 0.2) is 0 Å². The molecule has 0 amide bonds. The fourth-order valence-electron chi connectivity index (χ4n) is 2.34. The first-order valence-corrected chi connectivity index (χ1v) is 7.14. The molecule has 0 bridgehead atoms. The van der Waals surface area contributed by atoms with Crippen LogP contribution in [0.1, 0.15) is 46.0 Å². The molecule has 112 valence electrons. The van der Waals surface area contributed by atoms with Crippen LogP contribution in [0, 0.1) is 0 Å². The standard InChI is InChI=1S/C14H27NO4/c1-4-8-15-14(2,13(16)17)10-19-12-7-5-6-11(9-12)18-3/h11-12,15H,4-10H2,1-3H3,(H,16,17). The molecular formula is C14H27NO4. The molecule has 5 nitrogen and oxygen atoms in total. The van der Waals surface area contributed by atoms with E-state index in [1.54, 1.807) is 14.0 Å². The first kappa shape index (κ1) is 16.4. The molecular weight excluding hydrogens is 246 g/mol. The largest absolute Gasteiger partial charge is 0.480 e. The van der Waals surface area contributed by atoms with E-state index >= 15 is 0 Å². The Kier molecular flexibility index (Phi) is 6.75. The molecule has 1 rings (SSSR count). The molecule has 0 aliphatic heterocycles. The van der Waals surface area contributed by atoms with Crippen LogP contribution in [0.15, 0.2) is 0 Å². The van der Waals surface area contributed by atoms with Crippen molar-refractivity contribution in [2.24, 2.45) is 0 Å². The molecule has 0 saturated heterocycles. The summed E-state index contributed by atoms with van der Waals surface area (Å²) in [6.45, 7) is 4.57. The van der Waals surface area contributed by atoms with E-state index in [1.165, 1.54) is 0 Å². The molecule has 1 aliphatic carbocycles. The van der Waals surface area contributed by atoms with Gasteiger partial charge in [-0.25, -0.2) is 0 Å². The zero-order chi connectivity index (χ0) is 14.3. The Labute approximate surface area is 115 Å². The maximum atomic E-state index is 11.4. The number of carboxylic acids is 1. The topological polar surface area (TPSA) is 67.8 Å². The molecule has 1 aliphatic rings. The summed E-state index contributed by atoms with van der Waals surface area (Å²) in [6.07, 6.45) is 5.26. The molecule has 0 heterocycles. The SMILES string of the molecule is CCCNC(C)(COC1CCCC(OC)C1)C(=O)O. The zero-order valence-corrected chi connectivity index (χ0v) is 12.3. The zero-order valence-electron chi connectivity index (χ0n) is 12.3. The van der Waals surface area contributed by atoms with Crippen molar-refractivity contribution in [2.75, 3.05) is 20.3 Å². The molecule has 0 aromatic rings. The van der Waals surface area contributed by atoms with E-state index in [0.717, 1.165) is 32.1 Å². The average molecular weight is 273 g/mol. The van der Waals surface area contributed by atoms with Crippen molar-refractivity contribution in [3.63, 3.8) is 0 Å². The van der Waals surface area contributed by atoms with Crippen LogP contribution in [0.4, 0.5) is 0 Å². The highest BCUT2D eigenvalue weighted by Crippen LogP contribution is 2.24. The van der Waals surface area contributed by atoms with Crippen LogP contribution in [0.3, 0.4) is 0 Å². The third kappa shape index (κ3) is 5.09. The van der Waals surface area contributed by atoms with Crippen molar-refractivity contribution >= 4 is 5.97 Å². The van der Waals surface area contributed by atoms with Gasteiger partial charge in [0, 0.05) is 7.11 Å². The first-order chi connectivity index (χ1) is 9.01. The molecule has 1 saturated carbocycles. The van der Waals surface area contributed by atoms with Crippen molar-refractivity contribution in [1.82, 2.24) is 5.32 Å². The van der Waals surface area contributed by atoms with Crippen LogP contribution in [-0.2, 0) is 14.3 Å². The average Bonchev–Trinajstić information content (AvgIpc) is 2.43. The lowest BCUT2D eigenvalue weighted by Gasteiger charge is -2.32. The molecule has 2 N–H and O–H groups in total. The summed E-state index contributed by atoms with van der Waals surface area (Å²) in [7, 11) is 1.72. The Hall–Kier alpha value is -0.650. The Balaban J connectivity index is 2.44. The third-order valence-electron chi connectivity index (χ3n) is 3.76. The first-order valence-electron chi connectivity index (χ1n) is 7.14. The van der Waals surface area contributed by atoms with E-state index in [0.29, 0.717) is 6.54 Å². The minimum atomic E-state index is -1.00. The molecule has 5 heteroatoms. The monoisotopic (exact) mass is 273 g/mol. The summed E-state index contributed by atoms with van der Waals surface area (Å²) in [5, 5.41) is 12.4. The van der Waals surface area contributed by atoms with E-state index in [1.807, 2.05) is 6.92 Å². The summed E-state index contributed by atoms with van der Waals surface area (Å²) >= 11 is 0. The van der Waals surface area contributed by atoms with Crippen LogP contribution in [0.25, 0.3) is 0 Å². The molecule has 0 aromatic heterocycles. The lowest BCUT2D eigenvalue weighted by molar-refractivity contribution is -0.148. The van der Waals surface area contributed by atoms with Crippen molar-refractivity contribution in [3.8, 4) is 0 Å². The lowest BCUT2D eigenvalue weighted by atomic mass is 9.94. The number of carbonyl (C=O) groups is 1. The maximum Gasteiger partial charge on any atom is 0.326 e. The second-order valence-electron chi connectivity index (χ2n) is 5.52. The summed E-state index contributed by atoms with van der Waals surface area (Å²) < 4.78 is 11.2. The predicted molar refractivity (Wildman–Crippen MR) is 73.3 cm³/mol. The number of aliphatic carboxylic acids is 1. The number of hydrogen-bond donors (Lipinski definition) is 2. The smallest absolute Gasteiger partial charge is 0.326 e. The summed E-state index contributed by atoms with van der Waals surface area (Å²) in [5.41, 5.74) is -1.00. The Morgan fingerprint density at radius 1 is 1.42 bits per heavy atom. The number of carboxylic acid groups (broad SMARTS) is 1. The van der Waals surface area contributed by atoms with Gasteiger partial charge in [0.1, 0.15) is 5.54 Å². The van der Waals surface area contributed by atoms with E-state index in [4.69, 9.17) is 9.47 Å².